The molecule has 0 aliphatic rings. The Morgan fingerprint density at radius 2 is 1.64 bits per heavy atom. The zero-order valence-electron chi connectivity index (χ0n) is 14.5. The van der Waals surface area contributed by atoms with Gasteiger partial charge in [-0.05, 0) is 36.8 Å². The van der Waals surface area contributed by atoms with Crippen LogP contribution >= 0.6 is 57.7 Å². The fraction of sp³-hybridized carbons (Fsp3) is 0.100. The summed E-state index contributed by atoms with van der Waals surface area (Å²) in [5, 5.41) is 2.48. The molecular formula is C20H12Cl4N2OS. The molecule has 0 saturated heterocycles. The Morgan fingerprint density at radius 3 is 2.29 bits per heavy atom. The van der Waals surface area contributed by atoms with Crippen molar-refractivity contribution in [3.05, 3.63) is 83.6 Å². The molecule has 0 unspecified atom stereocenters. The predicted octanol–water partition coefficient (Wildman–Crippen LogP) is 7.10. The molecule has 0 atom stereocenters. The summed E-state index contributed by atoms with van der Waals surface area (Å²) in [4.78, 5) is 19.5. The average molecular weight is 470 g/mol. The van der Waals surface area contributed by atoms with E-state index < -0.39 is 0 Å². The van der Waals surface area contributed by atoms with Crippen molar-refractivity contribution in [2.45, 2.75) is 13.5 Å². The largest absolute Gasteiger partial charge is 0.294 e. The summed E-state index contributed by atoms with van der Waals surface area (Å²) in [6, 6.07) is 10.6. The number of nitrogens with zero attached hydrogens (tertiary/aromatic N) is 2. The van der Waals surface area contributed by atoms with E-state index in [9.17, 15) is 4.79 Å². The molecule has 0 spiro atoms. The van der Waals surface area contributed by atoms with E-state index in [4.69, 9.17) is 46.4 Å². The molecular weight excluding hydrogens is 458 g/mol. The van der Waals surface area contributed by atoms with E-state index >= 15 is 0 Å². The Bertz CT molecular complexity index is 1240. The van der Waals surface area contributed by atoms with Gasteiger partial charge in [-0.2, -0.15) is 0 Å². The van der Waals surface area contributed by atoms with Crippen LogP contribution in [0.15, 0.2) is 47.5 Å². The van der Waals surface area contributed by atoms with Crippen LogP contribution in [-0.4, -0.2) is 9.55 Å². The fourth-order valence-electron chi connectivity index (χ4n) is 3.11. The van der Waals surface area contributed by atoms with Crippen LogP contribution in [-0.2, 0) is 6.54 Å². The van der Waals surface area contributed by atoms with Crippen molar-refractivity contribution in [3.8, 4) is 11.1 Å². The summed E-state index contributed by atoms with van der Waals surface area (Å²) in [6.07, 6.45) is 1.52. The maximum atomic E-state index is 13.3. The lowest BCUT2D eigenvalue weighted by Crippen LogP contribution is -2.21. The first-order valence-electron chi connectivity index (χ1n) is 8.23. The number of thiophene rings is 1. The number of rotatable bonds is 3. The van der Waals surface area contributed by atoms with E-state index in [-0.39, 0.29) is 12.1 Å². The fourth-order valence-corrected chi connectivity index (χ4v) is 5.17. The van der Waals surface area contributed by atoms with Crippen LogP contribution in [0, 0.1) is 6.92 Å². The molecule has 0 N–H and O–H groups in total. The van der Waals surface area contributed by atoms with Crippen molar-refractivity contribution in [2.24, 2.45) is 0 Å². The van der Waals surface area contributed by atoms with Crippen LogP contribution < -0.4 is 5.56 Å². The SMILES string of the molecule is Cc1sc2ncn(Cc3c(Cl)cc(Cl)cc3Cl)c(=O)c2c1-c1ccc(Cl)cc1. The molecule has 0 saturated carbocycles. The highest BCUT2D eigenvalue weighted by atomic mass is 35.5. The summed E-state index contributed by atoms with van der Waals surface area (Å²) in [5.41, 5.74) is 2.27. The number of fused-ring (bicyclic) bond motifs is 1. The lowest BCUT2D eigenvalue weighted by atomic mass is 10.0. The third-order valence-corrected chi connectivity index (χ3v) is 6.58. The van der Waals surface area contributed by atoms with Crippen LogP contribution in [0.3, 0.4) is 0 Å². The minimum absolute atomic E-state index is 0.151. The molecule has 0 bridgehead atoms. The molecule has 8 heteroatoms. The highest BCUT2D eigenvalue weighted by molar-refractivity contribution is 7.19. The number of hydrogen-bond acceptors (Lipinski definition) is 3. The van der Waals surface area contributed by atoms with Crippen molar-refractivity contribution in [3.63, 3.8) is 0 Å². The Balaban J connectivity index is 1.89. The highest BCUT2D eigenvalue weighted by Crippen LogP contribution is 2.36. The molecule has 28 heavy (non-hydrogen) atoms. The number of halogens is 4. The lowest BCUT2D eigenvalue weighted by molar-refractivity contribution is 0.750. The Kier molecular flexibility index (Phi) is 5.43. The van der Waals surface area contributed by atoms with Crippen molar-refractivity contribution in [1.82, 2.24) is 9.55 Å². The molecule has 2 heterocycles. The summed E-state index contributed by atoms with van der Waals surface area (Å²) in [6.45, 7) is 2.18. The molecule has 0 fully saturated rings. The van der Waals surface area contributed by atoms with Gasteiger partial charge >= 0.3 is 0 Å². The molecule has 0 aliphatic heterocycles. The summed E-state index contributed by atoms with van der Waals surface area (Å²) in [5.74, 6) is 0. The molecule has 142 valence electrons. The third kappa shape index (κ3) is 3.56. The minimum atomic E-state index is -0.151. The monoisotopic (exact) mass is 468 g/mol. The van der Waals surface area contributed by atoms with Crippen LogP contribution in [0.4, 0.5) is 0 Å². The van der Waals surface area contributed by atoms with Gasteiger partial charge < -0.3 is 0 Å². The quantitative estimate of drug-likeness (QED) is 0.320. The van der Waals surface area contributed by atoms with Gasteiger partial charge in [-0.25, -0.2) is 4.98 Å². The van der Waals surface area contributed by atoms with E-state index in [0.717, 1.165) is 16.0 Å². The van der Waals surface area contributed by atoms with E-state index in [1.54, 1.807) is 12.1 Å². The summed E-state index contributed by atoms with van der Waals surface area (Å²) < 4.78 is 1.51. The second kappa shape index (κ2) is 7.69. The van der Waals surface area contributed by atoms with Gasteiger partial charge in [0, 0.05) is 36.1 Å². The van der Waals surface area contributed by atoms with Gasteiger partial charge in [-0.3, -0.25) is 9.36 Å². The van der Waals surface area contributed by atoms with Gasteiger partial charge in [-0.15, -0.1) is 11.3 Å². The van der Waals surface area contributed by atoms with Crippen LogP contribution in [0.25, 0.3) is 21.3 Å². The molecule has 3 nitrogen and oxygen atoms in total. The molecule has 0 amide bonds. The van der Waals surface area contributed by atoms with Crippen LogP contribution in [0.1, 0.15) is 10.4 Å². The highest BCUT2D eigenvalue weighted by Gasteiger charge is 2.18. The van der Waals surface area contributed by atoms with E-state index in [1.165, 1.54) is 22.2 Å². The first-order chi connectivity index (χ1) is 13.3. The molecule has 4 aromatic rings. The Labute approximate surface area is 185 Å². The van der Waals surface area contributed by atoms with Crippen LogP contribution in [0.5, 0.6) is 0 Å². The van der Waals surface area contributed by atoms with Gasteiger partial charge in [0.25, 0.3) is 5.56 Å². The van der Waals surface area contributed by atoms with Gasteiger partial charge in [0.2, 0.25) is 0 Å². The van der Waals surface area contributed by atoms with Crippen molar-refractivity contribution in [1.29, 1.82) is 0 Å². The molecule has 2 aromatic heterocycles. The molecule has 2 aromatic carbocycles. The minimum Gasteiger partial charge on any atom is -0.294 e. The van der Waals surface area contributed by atoms with Crippen LogP contribution in [0.2, 0.25) is 20.1 Å². The van der Waals surface area contributed by atoms with Gasteiger partial charge in [0.15, 0.2) is 0 Å². The predicted molar refractivity (Wildman–Crippen MR) is 120 cm³/mol. The van der Waals surface area contributed by atoms with E-state index in [0.29, 0.717) is 35.9 Å². The zero-order chi connectivity index (χ0) is 20.0. The van der Waals surface area contributed by atoms with Gasteiger partial charge in [0.05, 0.1) is 18.3 Å². The van der Waals surface area contributed by atoms with E-state index in [2.05, 4.69) is 4.98 Å². The topological polar surface area (TPSA) is 34.9 Å². The second-order valence-electron chi connectivity index (χ2n) is 6.25. The summed E-state index contributed by atoms with van der Waals surface area (Å²) >= 11 is 26.0. The van der Waals surface area contributed by atoms with E-state index in [1.807, 2.05) is 31.2 Å². The number of aryl methyl sites for hydroxylation is 1. The number of aromatic nitrogens is 2. The van der Waals surface area contributed by atoms with Crippen molar-refractivity contribution >= 4 is 68.0 Å². The molecule has 4 rings (SSSR count). The first kappa shape index (κ1) is 19.7. The second-order valence-corrected chi connectivity index (χ2v) is 9.14. The van der Waals surface area contributed by atoms with Gasteiger partial charge in [-0.1, -0.05) is 58.5 Å². The first-order valence-corrected chi connectivity index (χ1v) is 10.6. The molecule has 0 radical (unpaired) electrons. The van der Waals surface area contributed by atoms with Crippen molar-refractivity contribution in [2.75, 3.05) is 0 Å². The zero-order valence-corrected chi connectivity index (χ0v) is 18.3. The maximum absolute atomic E-state index is 13.3. The Hall–Kier alpha value is -1.56. The number of hydrogen-bond donors (Lipinski definition) is 0. The number of benzene rings is 2. The standard InChI is InChI=1S/C20H12Cl4N2OS/c1-10-17(11-2-4-12(21)5-3-11)18-19(28-10)25-9-26(20(18)27)8-14-15(23)6-13(22)7-16(14)24/h2-7,9H,8H2,1H3. The smallest absolute Gasteiger partial charge is 0.263 e. The van der Waals surface area contributed by atoms with Crippen molar-refractivity contribution < 1.29 is 0 Å². The Morgan fingerprint density at radius 1 is 1.00 bits per heavy atom. The lowest BCUT2D eigenvalue weighted by Gasteiger charge is -2.10. The normalized spacial score (nSPS) is 11.3. The third-order valence-electron chi connectivity index (χ3n) is 4.42. The average Bonchev–Trinajstić information content (AvgIpc) is 2.97. The maximum Gasteiger partial charge on any atom is 0.263 e. The summed E-state index contributed by atoms with van der Waals surface area (Å²) in [7, 11) is 0. The van der Waals surface area contributed by atoms with Gasteiger partial charge in [0.1, 0.15) is 4.83 Å². The molecule has 0 aliphatic carbocycles.